The molecule has 1 heterocycles. The van der Waals surface area contributed by atoms with E-state index in [2.05, 4.69) is 4.90 Å². The third kappa shape index (κ3) is 3.74. The molecule has 1 fully saturated rings. The SMILES string of the molecule is O=C(O)c1ccc(OCCCN2CCCC2)cc1. The normalized spacial score (nSPS) is 15.8. The van der Waals surface area contributed by atoms with Gasteiger partial charge in [-0.3, -0.25) is 0 Å². The van der Waals surface area contributed by atoms with E-state index in [-0.39, 0.29) is 0 Å². The summed E-state index contributed by atoms with van der Waals surface area (Å²) in [7, 11) is 0. The Kier molecular flexibility index (Phi) is 4.59. The van der Waals surface area contributed by atoms with E-state index in [4.69, 9.17) is 9.84 Å². The minimum absolute atomic E-state index is 0.291. The molecule has 98 valence electrons. The van der Waals surface area contributed by atoms with Gasteiger partial charge >= 0.3 is 5.97 Å². The molecule has 1 aromatic carbocycles. The first-order valence-electron chi connectivity index (χ1n) is 6.44. The van der Waals surface area contributed by atoms with Gasteiger partial charge in [0.2, 0.25) is 0 Å². The van der Waals surface area contributed by atoms with Gasteiger partial charge in [0.15, 0.2) is 0 Å². The van der Waals surface area contributed by atoms with Crippen molar-refractivity contribution in [2.45, 2.75) is 19.3 Å². The molecule has 0 aromatic heterocycles. The fraction of sp³-hybridized carbons (Fsp3) is 0.500. The number of hydrogen-bond donors (Lipinski definition) is 1. The molecule has 0 unspecified atom stereocenters. The largest absolute Gasteiger partial charge is 0.494 e. The molecule has 0 radical (unpaired) electrons. The van der Waals surface area contributed by atoms with E-state index in [0.29, 0.717) is 12.2 Å². The molecule has 1 saturated heterocycles. The predicted octanol–water partition coefficient (Wildman–Crippen LogP) is 2.25. The molecule has 4 nitrogen and oxygen atoms in total. The number of carboxylic acids is 1. The van der Waals surface area contributed by atoms with Crippen LogP contribution in [0.5, 0.6) is 5.75 Å². The zero-order valence-electron chi connectivity index (χ0n) is 10.5. The Labute approximate surface area is 107 Å². The van der Waals surface area contributed by atoms with Crippen molar-refractivity contribution in [3.63, 3.8) is 0 Å². The molecule has 18 heavy (non-hydrogen) atoms. The molecule has 0 atom stereocenters. The highest BCUT2D eigenvalue weighted by molar-refractivity contribution is 5.87. The Balaban J connectivity index is 1.68. The first-order chi connectivity index (χ1) is 8.75. The monoisotopic (exact) mass is 249 g/mol. The summed E-state index contributed by atoms with van der Waals surface area (Å²) in [4.78, 5) is 13.1. The number of hydrogen-bond acceptors (Lipinski definition) is 3. The van der Waals surface area contributed by atoms with Crippen LogP contribution in [0.4, 0.5) is 0 Å². The quantitative estimate of drug-likeness (QED) is 0.786. The molecule has 1 aromatic rings. The van der Waals surface area contributed by atoms with Crippen LogP contribution in [0.1, 0.15) is 29.6 Å². The highest BCUT2D eigenvalue weighted by Gasteiger charge is 2.10. The fourth-order valence-corrected chi connectivity index (χ4v) is 2.18. The summed E-state index contributed by atoms with van der Waals surface area (Å²) in [6.07, 6.45) is 3.65. The molecule has 1 aliphatic rings. The summed E-state index contributed by atoms with van der Waals surface area (Å²) < 4.78 is 5.58. The van der Waals surface area contributed by atoms with E-state index in [1.54, 1.807) is 24.3 Å². The van der Waals surface area contributed by atoms with Crippen LogP contribution in [0.15, 0.2) is 24.3 Å². The summed E-state index contributed by atoms with van der Waals surface area (Å²) in [6, 6.07) is 6.55. The number of ether oxygens (including phenoxy) is 1. The van der Waals surface area contributed by atoms with Crippen LogP contribution in [0.25, 0.3) is 0 Å². The Morgan fingerprint density at radius 2 is 1.89 bits per heavy atom. The van der Waals surface area contributed by atoms with Crippen LogP contribution in [0.3, 0.4) is 0 Å². The van der Waals surface area contributed by atoms with Gasteiger partial charge in [-0.25, -0.2) is 4.79 Å². The first kappa shape index (κ1) is 12.9. The fourth-order valence-electron chi connectivity index (χ4n) is 2.18. The van der Waals surface area contributed by atoms with E-state index in [0.717, 1.165) is 18.7 Å². The lowest BCUT2D eigenvalue weighted by molar-refractivity contribution is 0.0697. The van der Waals surface area contributed by atoms with Crippen LogP contribution in [-0.4, -0.2) is 42.2 Å². The number of nitrogens with zero attached hydrogens (tertiary/aromatic N) is 1. The van der Waals surface area contributed by atoms with Crippen molar-refractivity contribution >= 4 is 5.97 Å². The van der Waals surface area contributed by atoms with Gasteiger partial charge in [0.25, 0.3) is 0 Å². The Morgan fingerprint density at radius 3 is 2.50 bits per heavy atom. The van der Waals surface area contributed by atoms with Gasteiger partial charge in [-0.05, 0) is 56.6 Å². The molecule has 1 N–H and O–H groups in total. The Bertz CT molecular complexity index is 383. The smallest absolute Gasteiger partial charge is 0.335 e. The van der Waals surface area contributed by atoms with Crippen LogP contribution >= 0.6 is 0 Å². The highest BCUT2D eigenvalue weighted by atomic mass is 16.5. The maximum Gasteiger partial charge on any atom is 0.335 e. The highest BCUT2D eigenvalue weighted by Crippen LogP contribution is 2.13. The van der Waals surface area contributed by atoms with Crippen molar-refractivity contribution in [3.05, 3.63) is 29.8 Å². The lowest BCUT2D eigenvalue weighted by Gasteiger charge is -2.14. The molecular weight excluding hydrogens is 230 g/mol. The maximum absolute atomic E-state index is 10.7. The zero-order chi connectivity index (χ0) is 12.8. The average molecular weight is 249 g/mol. The number of aromatic carboxylic acids is 1. The van der Waals surface area contributed by atoms with Crippen molar-refractivity contribution in [2.75, 3.05) is 26.2 Å². The maximum atomic E-state index is 10.7. The number of benzene rings is 1. The standard InChI is InChI=1S/C14H19NO3/c16-14(17)12-4-6-13(7-5-12)18-11-3-10-15-8-1-2-9-15/h4-7H,1-3,8-11H2,(H,16,17). The van der Waals surface area contributed by atoms with E-state index in [9.17, 15) is 4.79 Å². The first-order valence-corrected chi connectivity index (χ1v) is 6.44. The van der Waals surface area contributed by atoms with Gasteiger partial charge in [-0.2, -0.15) is 0 Å². The predicted molar refractivity (Wildman–Crippen MR) is 69.2 cm³/mol. The van der Waals surface area contributed by atoms with Crippen molar-refractivity contribution in [3.8, 4) is 5.75 Å². The number of rotatable bonds is 6. The molecule has 0 aliphatic carbocycles. The summed E-state index contributed by atoms with van der Waals surface area (Å²) in [5, 5.41) is 8.76. The van der Waals surface area contributed by atoms with Crippen LogP contribution in [0, 0.1) is 0 Å². The van der Waals surface area contributed by atoms with Crippen molar-refractivity contribution < 1.29 is 14.6 Å². The molecule has 1 aliphatic heterocycles. The Hall–Kier alpha value is -1.55. The van der Waals surface area contributed by atoms with E-state index < -0.39 is 5.97 Å². The number of likely N-dealkylation sites (tertiary alicyclic amines) is 1. The summed E-state index contributed by atoms with van der Waals surface area (Å²) in [6.45, 7) is 4.21. The topological polar surface area (TPSA) is 49.8 Å². The van der Waals surface area contributed by atoms with Crippen molar-refractivity contribution in [1.82, 2.24) is 4.90 Å². The van der Waals surface area contributed by atoms with Gasteiger partial charge in [0, 0.05) is 6.54 Å². The average Bonchev–Trinajstić information content (AvgIpc) is 2.88. The van der Waals surface area contributed by atoms with Gasteiger partial charge < -0.3 is 14.7 Å². The number of carboxylic acid groups (broad SMARTS) is 1. The minimum atomic E-state index is -0.907. The van der Waals surface area contributed by atoms with Crippen LogP contribution < -0.4 is 4.74 Å². The third-order valence-corrected chi connectivity index (χ3v) is 3.19. The van der Waals surface area contributed by atoms with Crippen LogP contribution in [-0.2, 0) is 0 Å². The van der Waals surface area contributed by atoms with Crippen molar-refractivity contribution in [2.24, 2.45) is 0 Å². The second kappa shape index (κ2) is 6.40. The molecule has 4 heteroatoms. The van der Waals surface area contributed by atoms with E-state index >= 15 is 0 Å². The van der Waals surface area contributed by atoms with E-state index in [1.807, 2.05) is 0 Å². The van der Waals surface area contributed by atoms with Gasteiger partial charge in [-0.1, -0.05) is 0 Å². The zero-order valence-corrected chi connectivity index (χ0v) is 10.5. The van der Waals surface area contributed by atoms with Gasteiger partial charge in [0.05, 0.1) is 12.2 Å². The van der Waals surface area contributed by atoms with Crippen molar-refractivity contribution in [1.29, 1.82) is 0 Å². The molecule has 0 saturated carbocycles. The molecule has 0 bridgehead atoms. The Morgan fingerprint density at radius 1 is 1.22 bits per heavy atom. The van der Waals surface area contributed by atoms with Gasteiger partial charge in [0.1, 0.15) is 5.75 Å². The summed E-state index contributed by atoms with van der Waals surface area (Å²) in [5.74, 6) is -0.169. The minimum Gasteiger partial charge on any atom is -0.494 e. The number of carbonyl (C=O) groups is 1. The van der Waals surface area contributed by atoms with Crippen LogP contribution in [0.2, 0.25) is 0 Å². The second-order valence-corrected chi connectivity index (χ2v) is 4.58. The second-order valence-electron chi connectivity index (χ2n) is 4.58. The summed E-state index contributed by atoms with van der Waals surface area (Å²) in [5.41, 5.74) is 0.291. The molecule has 2 rings (SSSR count). The lowest BCUT2D eigenvalue weighted by Crippen LogP contribution is -2.21. The molecule has 0 amide bonds. The van der Waals surface area contributed by atoms with Gasteiger partial charge in [-0.15, -0.1) is 0 Å². The molecular formula is C14H19NO3. The third-order valence-electron chi connectivity index (χ3n) is 3.19. The summed E-state index contributed by atoms with van der Waals surface area (Å²) >= 11 is 0. The molecule has 0 spiro atoms. The lowest BCUT2D eigenvalue weighted by atomic mass is 10.2. The van der Waals surface area contributed by atoms with E-state index in [1.165, 1.54) is 25.9 Å².